The van der Waals surface area contributed by atoms with Crippen LogP contribution in [-0.2, 0) is 4.43 Å². The summed E-state index contributed by atoms with van der Waals surface area (Å²) < 4.78 is 21.2. The SMILES string of the molecule is CC(C)(C)[Si](C)(C)OC[C@H]1N(c2nc(Cl)nc3c(F)c(Cl)nc(Cl)c23)CCC[C@@]1(C)O. The molecule has 3 heterocycles. The summed E-state index contributed by atoms with van der Waals surface area (Å²) >= 11 is 18.3. The number of hydrogen-bond donors (Lipinski definition) is 1. The zero-order chi connectivity index (χ0) is 23.4. The number of nitrogens with zero attached hydrogens (tertiary/aromatic N) is 4. The van der Waals surface area contributed by atoms with E-state index in [1.807, 2.05) is 4.90 Å². The van der Waals surface area contributed by atoms with Gasteiger partial charge < -0.3 is 14.4 Å². The van der Waals surface area contributed by atoms with Crippen LogP contribution in [-0.4, -0.2) is 53.2 Å². The highest BCUT2D eigenvalue weighted by Crippen LogP contribution is 2.41. The molecule has 11 heteroatoms. The van der Waals surface area contributed by atoms with Crippen LogP contribution in [0.2, 0.25) is 33.7 Å². The van der Waals surface area contributed by atoms with Crippen molar-refractivity contribution in [2.45, 2.75) is 70.3 Å². The molecule has 0 radical (unpaired) electrons. The van der Waals surface area contributed by atoms with Crippen LogP contribution in [0.25, 0.3) is 10.9 Å². The van der Waals surface area contributed by atoms with Gasteiger partial charge in [-0.25, -0.2) is 14.4 Å². The Morgan fingerprint density at radius 2 is 1.84 bits per heavy atom. The van der Waals surface area contributed by atoms with Crippen molar-refractivity contribution in [1.29, 1.82) is 0 Å². The first-order valence-electron chi connectivity index (χ1n) is 10.2. The van der Waals surface area contributed by atoms with Crippen molar-refractivity contribution in [2.24, 2.45) is 0 Å². The Bertz CT molecular complexity index is 1000. The average Bonchev–Trinajstić information content (AvgIpc) is 2.62. The number of fused-ring (bicyclic) bond motifs is 1. The minimum Gasteiger partial charge on any atom is -0.415 e. The van der Waals surface area contributed by atoms with E-state index in [9.17, 15) is 9.50 Å². The summed E-state index contributed by atoms with van der Waals surface area (Å²) in [6, 6.07) is -0.445. The van der Waals surface area contributed by atoms with Gasteiger partial charge in [0.15, 0.2) is 19.3 Å². The fraction of sp³-hybridized carbons (Fsp3) is 0.650. The van der Waals surface area contributed by atoms with Crippen molar-refractivity contribution >= 4 is 59.8 Å². The molecule has 2 atom stereocenters. The van der Waals surface area contributed by atoms with Crippen molar-refractivity contribution in [3.63, 3.8) is 0 Å². The highest BCUT2D eigenvalue weighted by molar-refractivity contribution is 6.74. The average molecular weight is 510 g/mol. The first-order chi connectivity index (χ1) is 14.2. The molecule has 1 aliphatic heterocycles. The molecule has 0 unspecified atom stereocenters. The van der Waals surface area contributed by atoms with Gasteiger partial charge in [0.2, 0.25) is 5.28 Å². The maximum Gasteiger partial charge on any atom is 0.225 e. The van der Waals surface area contributed by atoms with Crippen molar-refractivity contribution < 1.29 is 13.9 Å². The Balaban J connectivity index is 2.11. The predicted molar refractivity (Wildman–Crippen MR) is 126 cm³/mol. The summed E-state index contributed by atoms with van der Waals surface area (Å²) in [5, 5.41) is 10.9. The van der Waals surface area contributed by atoms with Crippen LogP contribution >= 0.6 is 34.8 Å². The second-order valence-electron chi connectivity index (χ2n) is 9.79. The number of rotatable bonds is 4. The Hall–Kier alpha value is -0.773. The molecule has 3 rings (SSSR count). The first kappa shape index (κ1) is 24.9. The van der Waals surface area contributed by atoms with Crippen molar-refractivity contribution in [3.05, 3.63) is 21.4 Å². The van der Waals surface area contributed by atoms with Gasteiger partial charge in [-0.1, -0.05) is 44.0 Å². The number of halogens is 4. The van der Waals surface area contributed by atoms with Crippen LogP contribution in [0, 0.1) is 5.82 Å². The van der Waals surface area contributed by atoms with Crippen LogP contribution in [0.4, 0.5) is 10.2 Å². The quantitative estimate of drug-likeness (QED) is 0.316. The van der Waals surface area contributed by atoms with E-state index in [-0.39, 0.29) is 38.1 Å². The van der Waals surface area contributed by atoms with Crippen LogP contribution < -0.4 is 4.90 Å². The highest BCUT2D eigenvalue weighted by atomic mass is 35.5. The van der Waals surface area contributed by atoms with Gasteiger partial charge in [-0.05, 0) is 49.5 Å². The minimum atomic E-state index is -2.09. The second-order valence-corrected chi connectivity index (χ2v) is 15.7. The molecule has 0 bridgehead atoms. The van der Waals surface area contributed by atoms with Gasteiger partial charge in [0, 0.05) is 6.54 Å². The maximum atomic E-state index is 14.7. The van der Waals surface area contributed by atoms with Gasteiger partial charge >= 0.3 is 0 Å². The van der Waals surface area contributed by atoms with Gasteiger partial charge in [0.05, 0.1) is 23.6 Å². The zero-order valence-electron chi connectivity index (χ0n) is 18.6. The monoisotopic (exact) mass is 508 g/mol. The van der Waals surface area contributed by atoms with E-state index in [0.717, 1.165) is 0 Å². The maximum absolute atomic E-state index is 14.7. The van der Waals surface area contributed by atoms with E-state index in [0.29, 0.717) is 25.2 Å². The van der Waals surface area contributed by atoms with Crippen LogP contribution in [0.3, 0.4) is 0 Å². The lowest BCUT2D eigenvalue weighted by atomic mass is 9.86. The lowest BCUT2D eigenvalue weighted by molar-refractivity contribution is -0.00947. The third kappa shape index (κ3) is 4.79. The summed E-state index contributed by atoms with van der Waals surface area (Å²) in [6.07, 6.45) is 1.30. The molecule has 1 fully saturated rings. The van der Waals surface area contributed by atoms with Gasteiger partial charge in [0.1, 0.15) is 16.5 Å². The molecule has 1 aliphatic rings. The summed E-state index contributed by atoms with van der Waals surface area (Å²) in [5.41, 5.74) is -1.16. The van der Waals surface area contributed by atoms with E-state index in [1.54, 1.807) is 6.92 Å². The predicted octanol–water partition coefficient (Wildman–Crippen LogP) is 5.87. The molecule has 2 aromatic rings. The molecular formula is C20H28Cl3FN4O2Si. The molecule has 172 valence electrons. The Labute approximate surface area is 198 Å². The molecule has 31 heavy (non-hydrogen) atoms. The Morgan fingerprint density at radius 1 is 1.19 bits per heavy atom. The highest BCUT2D eigenvalue weighted by Gasteiger charge is 2.44. The van der Waals surface area contributed by atoms with Crippen LogP contribution in [0.1, 0.15) is 40.5 Å². The van der Waals surface area contributed by atoms with E-state index < -0.39 is 25.8 Å². The normalized spacial score (nSPS) is 22.9. The number of anilines is 1. The first-order valence-corrected chi connectivity index (χ1v) is 14.2. The molecule has 0 aromatic carbocycles. The molecule has 1 N–H and O–H groups in total. The molecule has 0 aliphatic carbocycles. The van der Waals surface area contributed by atoms with Crippen LogP contribution in [0.5, 0.6) is 0 Å². The van der Waals surface area contributed by atoms with Gasteiger partial charge in [-0.3, -0.25) is 0 Å². The Morgan fingerprint density at radius 3 is 2.45 bits per heavy atom. The van der Waals surface area contributed by atoms with E-state index >= 15 is 0 Å². The lowest BCUT2D eigenvalue weighted by Gasteiger charge is -2.48. The molecule has 0 amide bonds. The van der Waals surface area contributed by atoms with E-state index in [4.69, 9.17) is 39.2 Å². The third-order valence-corrected chi connectivity index (χ3v) is 11.7. The summed E-state index contributed by atoms with van der Waals surface area (Å²) in [6.45, 7) is 13.4. The molecule has 1 saturated heterocycles. The summed E-state index contributed by atoms with van der Waals surface area (Å²) in [4.78, 5) is 14.1. The fourth-order valence-corrected chi connectivity index (χ4v) is 5.21. The Kier molecular flexibility index (Phi) is 6.85. The molecular weight excluding hydrogens is 482 g/mol. The molecule has 0 spiro atoms. The number of pyridine rings is 1. The number of piperidine rings is 1. The molecule has 2 aromatic heterocycles. The molecule has 6 nitrogen and oxygen atoms in total. The van der Waals surface area contributed by atoms with Gasteiger partial charge in [-0.15, -0.1) is 0 Å². The van der Waals surface area contributed by atoms with Crippen molar-refractivity contribution in [3.8, 4) is 0 Å². The number of hydrogen-bond acceptors (Lipinski definition) is 6. The largest absolute Gasteiger partial charge is 0.415 e. The lowest BCUT2D eigenvalue weighted by Crippen LogP contribution is -2.59. The molecule has 0 saturated carbocycles. The van der Waals surface area contributed by atoms with Crippen molar-refractivity contribution in [1.82, 2.24) is 15.0 Å². The number of aromatic nitrogens is 3. The standard InChI is InChI=1S/C20H28Cl3FN4O2Si/c1-19(2,3)31(5,6)30-10-11-20(4,29)8-7-9-28(11)17-12-14(25-18(23)27-17)13(24)16(22)26-15(12)21/h11,29H,7-10H2,1-6H3/t11-,20-/m1/s1. The van der Waals surface area contributed by atoms with Gasteiger partial charge in [0.25, 0.3) is 0 Å². The topological polar surface area (TPSA) is 71.4 Å². The van der Waals surface area contributed by atoms with Crippen LogP contribution in [0.15, 0.2) is 0 Å². The summed E-state index contributed by atoms with van der Waals surface area (Å²) in [7, 11) is -2.09. The number of aliphatic hydroxyl groups is 1. The third-order valence-electron chi connectivity index (χ3n) is 6.51. The fourth-order valence-electron chi connectivity index (χ4n) is 3.56. The summed E-state index contributed by atoms with van der Waals surface area (Å²) in [5.74, 6) is -0.503. The smallest absolute Gasteiger partial charge is 0.225 e. The van der Waals surface area contributed by atoms with E-state index in [1.165, 1.54) is 0 Å². The second kappa shape index (κ2) is 8.54. The van der Waals surface area contributed by atoms with Gasteiger partial charge in [-0.2, -0.15) is 4.98 Å². The zero-order valence-corrected chi connectivity index (χ0v) is 21.8. The van der Waals surface area contributed by atoms with Crippen molar-refractivity contribution in [2.75, 3.05) is 18.1 Å². The minimum absolute atomic E-state index is 0.0103. The van der Waals surface area contributed by atoms with E-state index in [2.05, 4.69) is 48.8 Å².